The first kappa shape index (κ1) is 25.3. The highest BCUT2D eigenvalue weighted by Gasteiger charge is 2.37. The number of alkyl halides is 3. The van der Waals surface area contributed by atoms with Crippen LogP contribution in [0.4, 0.5) is 29.1 Å². The predicted octanol–water partition coefficient (Wildman–Crippen LogP) is 3.60. The van der Waals surface area contributed by atoms with Crippen molar-refractivity contribution in [3.05, 3.63) is 41.0 Å². The number of hydrogen-bond acceptors (Lipinski definition) is 6. The molecule has 184 valence electrons. The van der Waals surface area contributed by atoms with E-state index in [4.69, 9.17) is 4.74 Å². The first-order chi connectivity index (χ1) is 15.6. The molecule has 0 saturated carbocycles. The number of carbonyl (C=O) groups excluding carboxylic acids is 2. The lowest BCUT2D eigenvalue weighted by molar-refractivity contribution is -0.143. The van der Waals surface area contributed by atoms with E-state index < -0.39 is 47.1 Å². The number of nitrogens with zero attached hydrogens (tertiary/aromatic N) is 3. The van der Waals surface area contributed by atoms with E-state index in [9.17, 15) is 32.3 Å². The van der Waals surface area contributed by atoms with Crippen LogP contribution in [0.5, 0.6) is 5.88 Å². The van der Waals surface area contributed by atoms with E-state index in [0.717, 1.165) is 6.20 Å². The Morgan fingerprint density at radius 3 is 2.50 bits per heavy atom. The van der Waals surface area contributed by atoms with E-state index >= 15 is 0 Å². The number of nitrogens with one attached hydrogen (secondary N) is 1. The zero-order valence-electron chi connectivity index (χ0n) is 19.1. The minimum atomic E-state index is -4.94. The molecule has 1 unspecified atom stereocenters. The second kappa shape index (κ2) is 8.82. The third-order valence-corrected chi connectivity index (χ3v) is 5.17. The van der Waals surface area contributed by atoms with Crippen molar-refractivity contribution in [1.82, 2.24) is 9.97 Å². The Labute approximate surface area is 193 Å². The molecule has 2 atom stereocenters. The Morgan fingerprint density at radius 2 is 1.94 bits per heavy atom. The van der Waals surface area contributed by atoms with Crippen molar-refractivity contribution >= 4 is 23.3 Å². The molecule has 0 spiro atoms. The van der Waals surface area contributed by atoms with Crippen molar-refractivity contribution in [2.75, 3.05) is 10.2 Å². The van der Waals surface area contributed by atoms with Gasteiger partial charge in [-0.3, -0.25) is 14.5 Å². The first-order valence-electron chi connectivity index (χ1n) is 10.3. The number of aromatic nitrogens is 2. The summed E-state index contributed by atoms with van der Waals surface area (Å²) < 4.78 is 57.9. The van der Waals surface area contributed by atoms with Crippen molar-refractivity contribution in [2.45, 2.75) is 59.5 Å². The molecular formula is C22H24F4N4O4. The number of aliphatic hydroxyl groups is 1. The van der Waals surface area contributed by atoms with Crippen molar-refractivity contribution in [3.63, 3.8) is 0 Å². The topological polar surface area (TPSA) is 105 Å². The fourth-order valence-electron chi connectivity index (χ4n) is 3.24. The molecule has 1 aliphatic heterocycles. The van der Waals surface area contributed by atoms with E-state index in [2.05, 4.69) is 15.3 Å². The highest BCUT2D eigenvalue weighted by molar-refractivity contribution is 6.00. The molecule has 0 radical (unpaired) electrons. The normalized spacial score (nSPS) is 17.2. The standard InChI is InChI=1S/C22H24F4N4O4/c1-10-6-14-19(29-17(10)28-18(32)16(31)21(3,4)5)34-11(2)20(33)30(14)9-12-7-13(23)15(27-8-12)22(24,25)26/h6-8,11,16,31H,9H2,1-5H3,(H,28,29,32)/t11?,16-/m0/s1. The fourth-order valence-corrected chi connectivity index (χ4v) is 3.24. The largest absolute Gasteiger partial charge is 0.463 e. The number of aryl methyl sites for hydroxylation is 1. The quantitative estimate of drug-likeness (QED) is 0.643. The molecule has 0 saturated heterocycles. The van der Waals surface area contributed by atoms with Crippen LogP contribution >= 0.6 is 0 Å². The average Bonchev–Trinajstić information content (AvgIpc) is 2.70. The lowest BCUT2D eigenvalue weighted by Gasteiger charge is -2.33. The first-order valence-corrected chi connectivity index (χ1v) is 10.3. The summed E-state index contributed by atoms with van der Waals surface area (Å²) in [5.74, 6) is -2.65. The SMILES string of the molecule is Cc1cc2c(nc1NC(=O)[C@H](O)C(C)(C)C)OC(C)C(=O)N2Cc1cnc(C(F)(F)F)c(F)c1. The van der Waals surface area contributed by atoms with Gasteiger partial charge in [0.1, 0.15) is 17.6 Å². The molecule has 2 N–H and O–H groups in total. The van der Waals surface area contributed by atoms with Crippen LogP contribution in [0.15, 0.2) is 18.3 Å². The van der Waals surface area contributed by atoms with Crippen LogP contribution in [0.1, 0.15) is 44.5 Å². The second-order valence-electron chi connectivity index (χ2n) is 9.09. The molecule has 8 nitrogen and oxygen atoms in total. The van der Waals surface area contributed by atoms with Gasteiger partial charge in [0.2, 0.25) is 5.88 Å². The number of aliphatic hydroxyl groups excluding tert-OH is 1. The molecule has 0 aromatic carbocycles. The van der Waals surface area contributed by atoms with Crippen LogP contribution in [0.3, 0.4) is 0 Å². The molecule has 1 aliphatic rings. The van der Waals surface area contributed by atoms with Crippen molar-refractivity contribution in [3.8, 4) is 5.88 Å². The van der Waals surface area contributed by atoms with Crippen LogP contribution in [0.25, 0.3) is 0 Å². The maximum Gasteiger partial charge on any atom is 0.436 e. The molecule has 3 heterocycles. The van der Waals surface area contributed by atoms with Gasteiger partial charge in [0.05, 0.1) is 6.54 Å². The Morgan fingerprint density at radius 1 is 1.29 bits per heavy atom. The molecule has 2 amide bonds. The Bertz CT molecular complexity index is 1130. The molecule has 2 aromatic heterocycles. The van der Waals surface area contributed by atoms with Crippen LogP contribution < -0.4 is 15.0 Å². The summed E-state index contributed by atoms with van der Waals surface area (Å²) in [6, 6.07) is 2.17. The minimum absolute atomic E-state index is 0.0152. The van der Waals surface area contributed by atoms with Crippen molar-refractivity contribution < 1.29 is 37.0 Å². The van der Waals surface area contributed by atoms with Gasteiger partial charge in [-0.15, -0.1) is 0 Å². The minimum Gasteiger partial charge on any atom is -0.463 e. The van der Waals surface area contributed by atoms with Crippen molar-refractivity contribution in [1.29, 1.82) is 0 Å². The number of amides is 2. The van der Waals surface area contributed by atoms with Gasteiger partial charge in [0.25, 0.3) is 11.8 Å². The van der Waals surface area contributed by atoms with E-state index in [1.807, 2.05) is 0 Å². The van der Waals surface area contributed by atoms with Gasteiger partial charge in [-0.2, -0.15) is 18.2 Å². The van der Waals surface area contributed by atoms with E-state index in [-0.39, 0.29) is 29.5 Å². The lowest BCUT2D eigenvalue weighted by Crippen LogP contribution is -2.44. The molecule has 3 rings (SSSR count). The number of carbonyl (C=O) groups is 2. The summed E-state index contributed by atoms with van der Waals surface area (Å²) in [6.45, 7) is 7.85. The van der Waals surface area contributed by atoms with E-state index in [0.29, 0.717) is 11.6 Å². The zero-order valence-corrected chi connectivity index (χ0v) is 19.1. The molecule has 0 bridgehead atoms. The second-order valence-corrected chi connectivity index (χ2v) is 9.09. The monoisotopic (exact) mass is 484 g/mol. The van der Waals surface area contributed by atoms with E-state index in [1.165, 1.54) is 17.9 Å². The third kappa shape index (κ3) is 5.11. The van der Waals surface area contributed by atoms with Crippen LogP contribution in [-0.2, 0) is 22.3 Å². The molecule has 0 fully saturated rings. The molecule has 0 aliphatic carbocycles. The number of fused-ring (bicyclic) bond motifs is 1. The highest BCUT2D eigenvalue weighted by Crippen LogP contribution is 2.37. The number of anilines is 2. The van der Waals surface area contributed by atoms with Gasteiger partial charge >= 0.3 is 6.18 Å². The van der Waals surface area contributed by atoms with Crippen molar-refractivity contribution in [2.24, 2.45) is 5.41 Å². The van der Waals surface area contributed by atoms with Gasteiger partial charge < -0.3 is 15.2 Å². The Hall–Kier alpha value is -3.28. The average molecular weight is 484 g/mol. The summed E-state index contributed by atoms with van der Waals surface area (Å²) in [5, 5.41) is 12.7. The molecule has 34 heavy (non-hydrogen) atoms. The number of halogens is 4. The van der Waals surface area contributed by atoms with Crippen LogP contribution in [0.2, 0.25) is 0 Å². The summed E-state index contributed by atoms with van der Waals surface area (Å²) in [5.41, 5.74) is -1.71. The highest BCUT2D eigenvalue weighted by atomic mass is 19.4. The third-order valence-electron chi connectivity index (χ3n) is 5.17. The van der Waals surface area contributed by atoms with E-state index in [1.54, 1.807) is 27.7 Å². The van der Waals surface area contributed by atoms with Crippen LogP contribution in [-0.4, -0.2) is 39.1 Å². The number of pyridine rings is 2. The Balaban J connectivity index is 1.93. The molecule has 12 heteroatoms. The number of hydrogen-bond donors (Lipinski definition) is 2. The predicted molar refractivity (Wildman–Crippen MR) is 114 cm³/mol. The van der Waals surface area contributed by atoms with Gasteiger partial charge in [-0.1, -0.05) is 20.8 Å². The summed E-state index contributed by atoms with van der Waals surface area (Å²) in [6.07, 6.45) is -6.41. The number of rotatable bonds is 4. The zero-order chi connectivity index (χ0) is 25.6. The summed E-state index contributed by atoms with van der Waals surface area (Å²) >= 11 is 0. The van der Waals surface area contributed by atoms with Gasteiger partial charge in [0, 0.05) is 6.20 Å². The fraction of sp³-hybridized carbons (Fsp3) is 0.455. The summed E-state index contributed by atoms with van der Waals surface area (Å²) in [4.78, 5) is 33.8. The van der Waals surface area contributed by atoms with Gasteiger partial charge in [-0.05, 0) is 42.5 Å². The molecular weight excluding hydrogens is 460 g/mol. The number of ether oxygens (including phenoxy) is 1. The molecule has 2 aromatic rings. The smallest absolute Gasteiger partial charge is 0.436 e. The maximum absolute atomic E-state index is 14.0. The maximum atomic E-state index is 14.0. The summed E-state index contributed by atoms with van der Waals surface area (Å²) in [7, 11) is 0. The lowest BCUT2D eigenvalue weighted by atomic mass is 9.88. The van der Waals surface area contributed by atoms with Gasteiger partial charge in [-0.25, -0.2) is 9.37 Å². The Kier molecular flexibility index (Phi) is 6.57. The van der Waals surface area contributed by atoms with Gasteiger partial charge in [0.15, 0.2) is 17.6 Å². The van der Waals surface area contributed by atoms with Crippen LogP contribution in [0, 0.1) is 18.2 Å².